The van der Waals surface area contributed by atoms with Gasteiger partial charge in [0.2, 0.25) is 0 Å². The summed E-state index contributed by atoms with van der Waals surface area (Å²) in [6.45, 7) is 4.53. The average molecular weight is 410 g/mol. The molecular weight excluding hydrogens is 383 g/mol. The molecule has 0 fully saturated rings. The van der Waals surface area contributed by atoms with Crippen LogP contribution in [0.15, 0.2) is 66.7 Å². The molecule has 3 rings (SSSR count). The minimum atomic E-state index is -0.914. The number of hydrogen-bond acceptors (Lipinski definition) is 4. The number of benzene rings is 3. The summed E-state index contributed by atoms with van der Waals surface area (Å²) in [4.78, 5) is 0. The lowest BCUT2D eigenvalue weighted by molar-refractivity contribution is 0.0514. The quantitative estimate of drug-likeness (QED) is 0.394. The molecule has 29 heavy (non-hydrogen) atoms. The van der Waals surface area contributed by atoms with Crippen LogP contribution in [0.2, 0.25) is 0 Å². The van der Waals surface area contributed by atoms with Crippen molar-refractivity contribution >= 4 is 23.8 Å². The fourth-order valence-corrected chi connectivity index (χ4v) is 5.87. The van der Waals surface area contributed by atoms with Crippen LogP contribution in [0.5, 0.6) is 11.5 Å². The maximum atomic E-state index is 6.02. The molecule has 3 aromatic carbocycles. The molecule has 0 bridgehead atoms. The molecular formula is C24H27O4P. The molecule has 0 aromatic heterocycles. The third kappa shape index (κ3) is 4.97. The van der Waals surface area contributed by atoms with Crippen LogP contribution in [0.3, 0.4) is 0 Å². The molecule has 0 aliphatic rings. The van der Waals surface area contributed by atoms with E-state index in [2.05, 4.69) is 74.5 Å². The van der Waals surface area contributed by atoms with E-state index in [0.717, 1.165) is 33.2 Å². The van der Waals surface area contributed by atoms with Crippen LogP contribution in [0.1, 0.15) is 11.1 Å². The number of para-hydroxylation sites is 2. The smallest absolute Gasteiger partial charge is 0.188 e. The van der Waals surface area contributed by atoms with Crippen LogP contribution >= 0.6 is 7.92 Å². The van der Waals surface area contributed by atoms with E-state index < -0.39 is 7.92 Å². The Morgan fingerprint density at radius 1 is 0.621 bits per heavy atom. The lowest BCUT2D eigenvalue weighted by atomic mass is 10.2. The fraction of sp³-hybridized carbons (Fsp3) is 0.250. The van der Waals surface area contributed by atoms with E-state index in [9.17, 15) is 0 Å². The second-order valence-electron chi connectivity index (χ2n) is 6.62. The van der Waals surface area contributed by atoms with Gasteiger partial charge in [0, 0.05) is 24.8 Å². The Morgan fingerprint density at radius 3 is 1.55 bits per heavy atom. The Labute approximate surface area is 174 Å². The van der Waals surface area contributed by atoms with Gasteiger partial charge in [-0.3, -0.25) is 0 Å². The van der Waals surface area contributed by atoms with E-state index >= 15 is 0 Å². The molecule has 0 aliphatic heterocycles. The highest BCUT2D eigenvalue weighted by Gasteiger charge is 2.25. The van der Waals surface area contributed by atoms with Gasteiger partial charge in [0.25, 0.3) is 0 Å². The van der Waals surface area contributed by atoms with Crippen LogP contribution in [0.25, 0.3) is 0 Å². The first kappa shape index (κ1) is 21.3. The minimum absolute atomic E-state index is 0.205. The molecule has 0 heterocycles. The molecule has 4 nitrogen and oxygen atoms in total. The Hall–Kier alpha value is -2.39. The molecule has 152 valence electrons. The van der Waals surface area contributed by atoms with E-state index in [1.54, 1.807) is 14.2 Å². The monoisotopic (exact) mass is 410 g/mol. The van der Waals surface area contributed by atoms with Crippen molar-refractivity contribution in [2.24, 2.45) is 0 Å². The fourth-order valence-electron chi connectivity index (χ4n) is 3.22. The van der Waals surface area contributed by atoms with E-state index in [4.69, 9.17) is 18.9 Å². The maximum Gasteiger partial charge on any atom is 0.188 e. The summed E-state index contributed by atoms with van der Waals surface area (Å²) in [5, 5.41) is 3.50. The van der Waals surface area contributed by atoms with Gasteiger partial charge in [0.05, 0.1) is 0 Å². The van der Waals surface area contributed by atoms with Crippen molar-refractivity contribution in [2.45, 2.75) is 13.8 Å². The highest BCUT2D eigenvalue weighted by molar-refractivity contribution is 7.80. The third-order valence-electron chi connectivity index (χ3n) is 4.52. The zero-order chi connectivity index (χ0) is 20.6. The molecule has 0 unspecified atom stereocenters. The zero-order valence-electron chi connectivity index (χ0n) is 17.3. The van der Waals surface area contributed by atoms with Gasteiger partial charge in [0.15, 0.2) is 13.6 Å². The van der Waals surface area contributed by atoms with Crippen molar-refractivity contribution in [3.05, 3.63) is 77.9 Å². The van der Waals surface area contributed by atoms with Crippen LogP contribution < -0.4 is 25.4 Å². The second-order valence-corrected chi connectivity index (χ2v) is 8.77. The normalized spacial score (nSPS) is 10.9. The van der Waals surface area contributed by atoms with Gasteiger partial charge < -0.3 is 18.9 Å². The van der Waals surface area contributed by atoms with Gasteiger partial charge in [0.1, 0.15) is 11.5 Å². The minimum Gasteiger partial charge on any atom is -0.467 e. The molecule has 0 N–H and O–H groups in total. The molecule has 0 amide bonds. The average Bonchev–Trinajstić information content (AvgIpc) is 2.74. The van der Waals surface area contributed by atoms with Gasteiger partial charge >= 0.3 is 0 Å². The Bertz CT molecular complexity index is 870. The second kappa shape index (κ2) is 10.4. The lowest BCUT2D eigenvalue weighted by Gasteiger charge is -2.25. The van der Waals surface area contributed by atoms with Crippen LogP contribution in [-0.4, -0.2) is 27.8 Å². The van der Waals surface area contributed by atoms with Gasteiger partial charge in [-0.2, -0.15) is 0 Å². The first-order valence-corrected chi connectivity index (χ1v) is 10.8. The standard InChI is InChI=1S/C24H27O4P/c1-18-10-8-14-21(23(18)27-16-25-3)29(20-12-6-5-7-13-20)22-15-9-11-19(2)24(22)28-17-26-4/h5-15H,16-17H2,1-4H3. The SMILES string of the molecule is COCOc1c(C)cccc1P(c1ccccc1)c1cccc(C)c1OCOC. The third-order valence-corrected chi connectivity index (χ3v) is 7.00. The summed E-state index contributed by atoms with van der Waals surface area (Å²) in [7, 11) is 2.35. The van der Waals surface area contributed by atoms with E-state index in [0.29, 0.717) is 0 Å². The summed E-state index contributed by atoms with van der Waals surface area (Å²) in [6.07, 6.45) is 0. The molecule has 0 saturated heterocycles. The molecule has 0 saturated carbocycles. The predicted molar refractivity (Wildman–Crippen MR) is 120 cm³/mol. The van der Waals surface area contributed by atoms with Crippen molar-refractivity contribution < 1.29 is 18.9 Å². The van der Waals surface area contributed by atoms with Crippen LogP contribution in [0.4, 0.5) is 0 Å². The molecule has 0 atom stereocenters. The number of aryl methyl sites for hydroxylation is 2. The van der Waals surface area contributed by atoms with E-state index in [-0.39, 0.29) is 13.6 Å². The summed E-state index contributed by atoms with van der Waals surface area (Å²) in [5.74, 6) is 1.73. The Morgan fingerprint density at radius 2 is 1.10 bits per heavy atom. The first-order valence-electron chi connectivity index (χ1n) is 9.45. The molecule has 0 radical (unpaired) electrons. The van der Waals surface area contributed by atoms with Gasteiger partial charge in [-0.1, -0.05) is 66.7 Å². The number of methoxy groups -OCH3 is 2. The summed E-state index contributed by atoms with van der Waals surface area (Å²) in [5.41, 5.74) is 2.16. The molecule has 0 spiro atoms. The van der Waals surface area contributed by atoms with Crippen molar-refractivity contribution in [3.8, 4) is 11.5 Å². The molecule has 0 aliphatic carbocycles. The van der Waals surface area contributed by atoms with Crippen molar-refractivity contribution in [3.63, 3.8) is 0 Å². The summed E-state index contributed by atoms with van der Waals surface area (Å²) in [6, 6.07) is 23.1. The topological polar surface area (TPSA) is 36.9 Å². The molecule has 3 aromatic rings. The number of ether oxygens (including phenoxy) is 4. The van der Waals surface area contributed by atoms with Crippen molar-refractivity contribution in [1.29, 1.82) is 0 Å². The Balaban J connectivity index is 2.22. The lowest BCUT2D eigenvalue weighted by Crippen LogP contribution is -2.25. The highest BCUT2D eigenvalue weighted by atomic mass is 31.1. The van der Waals surface area contributed by atoms with Crippen molar-refractivity contribution in [2.75, 3.05) is 27.8 Å². The molecule has 5 heteroatoms. The predicted octanol–water partition coefficient (Wildman–Crippen LogP) is 4.03. The maximum absolute atomic E-state index is 6.02. The number of hydrogen-bond donors (Lipinski definition) is 0. The Kier molecular flexibility index (Phi) is 7.65. The largest absolute Gasteiger partial charge is 0.467 e. The first-order chi connectivity index (χ1) is 14.2. The zero-order valence-corrected chi connectivity index (χ0v) is 18.2. The number of rotatable bonds is 9. The van der Waals surface area contributed by atoms with Gasteiger partial charge in [-0.05, 0) is 38.2 Å². The van der Waals surface area contributed by atoms with Gasteiger partial charge in [-0.15, -0.1) is 0 Å². The van der Waals surface area contributed by atoms with E-state index in [1.807, 2.05) is 6.07 Å². The van der Waals surface area contributed by atoms with Gasteiger partial charge in [-0.25, -0.2) is 0 Å². The summed E-state index contributed by atoms with van der Waals surface area (Å²) < 4.78 is 22.4. The summed E-state index contributed by atoms with van der Waals surface area (Å²) >= 11 is 0. The highest BCUT2D eigenvalue weighted by Crippen LogP contribution is 2.41. The van der Waals surface area contributed by atoms with Crippen LogP contribution in [0, 0.1) is 13.8 Å². The van der Waals surface area contributed by atoms with Crippen LogP contribution in [-0.2, 0) is 9.47 Å². The van der Waals surface area contributed by atoms with E-state index in [1.165, 1.54) is 5.30 Å². The van der Waals surface area contributed by atoms with Crippen molar-refractivity contribution in [1.82, 2.24) is 0 Å².